The molecule has 0 saturated carbocycles. The van der Waals surface area contributed by atoms with Gasteiger partial charge in [-0.05, 0) is 0 Å². The Morgan fingerprint density at radius 2 is 2.11 bits per heavy atom. The molecule has 0 atom stereocenters. The van der Waals surface area contributed by atoms with Crippen molar-refractivity contribution < 1.29 is 4.79 Å². The van der Waals surface area contributed by atoms with Crippen molar-refractivity contribution in [1.29, 1.82) is 0 Å². The molecule has 0 spiro atoms. The van der Waals surface area contributed by atoms with E-state index in [-0.39, 0.29) is 6.04 Å². The zero-order valence-corrected chi connectivity index (χ0v) is 4.98. The molecule has 2 amide bonds. The average molecular weight is 130 g/mol. The molecular formula is C4H10N4O. The summed E-state index contributed by atoms with van der Waals surface area (Å²) in [5, 5.41) is 2.56. The van der Waals surface area contributed by atoms with Gasteiger partial charge in [-0.1, -0.05) is 0 Å². The standard InChI is InChI=1S/C4H10N4O/c5-4(9)8-3-1-6-7-2-3/h3,6-7H,1-2H2,(H3,5,8,9). The molecule has 0 unspecified atom stereocenters. The number of urea groups is 1. The molecule has 1 aliphatic rings. The number of hydrazine groups is 1. The lowest BCUT2D eigenvalue weighted by Gasteiger charge is -2.05. The number of carbonyl (C=O) groups excluding carboxylic acids is 1. The van der Waals surface area contributed by atoms with Gasteiger partial charge in [0.05, 0.1) is 6.04 Å². The molecule has 0 aliphatic carbocycles. The van der Waals surface area contributed by atoms with Crippen LogP contribution in [0.4, 0.5) is 4.79 Å². The molecule has 5 heteroatoms. The highest BCUT2D eigenvalue weighted by Gasteiger charge is 2.13. The third kappa shape index (κ3) is 1.87. The second-order valence-electron chi connectivity index (χ2n) is 1.97. The normalized spacial score (nSPS) is 20.0. The predicted octanol–water partition coefficient (Wildman–Crippen LogP) is -1.87. The summed E-state index contributed by atoms with van der Waals surface area (Å²) in [7, 11) is 0. The van der Waals surface area contributed by atoms with E-state index in [9.17, 15) is 4.79 Å². The van der Waals surface area contributed by atoms with Gasteiger partial charge in [0.2, 0.25) is 0 Å². The van der Waals surface area contributed by atoms with Crippen LogP contribution in [0.15, 0.2) is 0 Å². The lowest BCUT2D eigenvalue weighted by molar-refractivity contribution is 0.246. The maximum Gasteiger partial charge on any atom is 0.312 e. The Balaban J connectivity index is 2.19. The van der Waals surface area contributed by atoms with E-state index in [0.29, 0.717) is 0 Å². The first-order valence-corrected chi connectivity index (χ1v) is 2.81. The van der Waals surface area contributed by atoms with Crippen molar-refractivity contribution in [3.05, 3.63) is 0 Å². The Kier molecular flexibility index (Phi) is 1.86. The predicted molar refractivity (Wildman–Crippen MR) is 32.5 cm³/mol. The highest BCUT2D eigenvalue weighted by Crippen LogP contribution is 1.82. The van der Waals surface area contributed by atoms with Gasteiger partial charge in [0, 0.05) is 13.1 Å². The van der Waals surface area contributed by atoms with Crippen LogP contribution in [0, 0.1) is 0 Å². The zero-order chi connectivity index (χ0) is 6.69. The molecule has 0 aromatic rings. The first-order valence-electron chi connectivity index (χ1n) is 2.81. The fourth-order valence-corrected chi connectivity index (χ4v) is 0.766. The van der Waals surface area contributed by atoms with Crippen molar-refractivity contribution >= 4 is 6.03 Å². The first kappa shape index (κ1) is 6.31. The van der Waals surface area contributed by atoms with Crippen LogP contribution in [0.1, 0.15) is 0 Å². The lowest BCUT2D eigenvalue weighted by Crippen LogP contribution is -2.41. The van der Waals surface area contributed by atoms with Gasteiger partial charge in [0.1, 0.15) is 0 Å². The van der Waals surface area contributed by atoms with Crippen LogP contribution >= 0.6 is 0 Å². The molecule has 0 aromatic heterocycles. The van der Waals surface area contributed by atoms with Gasteiger partial charge in [-0.3, -0.25) is 10.9 Å². The van der Waals surface area contributed by atoms with Crippen molar-refractivity contribution in [2.24, 2.45) is 5.73 Å². The summed E-state index contributed by atoms with van der Waals surface area (Å²) in [5.74, 6) is 0. The van der Waals surface area contributed by atoms with Gasteiger partial charge in [0.25, 0.3) is 0 Å². The van der Waals surface area contributed by atoms with E-state index in [1.54, 1.807) is 0 Å². The Bertz CT molecular complexity index is 109. The summed E-state index contributed by atoms with van der Waals surface area (Å²) in [6, 6.07) is -0.326. The number of rotatable bonds is 1. The molecule has 0 bridgehead atoms. The summed E-state index contributed by atoms with van der Waals surface area (Å²) in [6.07, 6.45) is 0. The number of primary amides is 1. The minimum atomic E-state index is -0.467. The number of amides is 2. The van der Waals surface area contributed by atoms with Crippen LogP contribution in [-0.4, -0.2) is 25.2 Å². The molecule has 9 heavy (non-hydrogen) atoms. The maximum absolute atomic E-state index is 10.2. The zero-order valence-electron chi connectivity index (χ0n) is 4.98. The van der Waals surface area contributed by atoms with Crippen LogP contribution in [0.3, 0.4) is 0 Å². The number of hydrogen-bond acceptors (Lipinski definition) is 3. The van der Waals surface area contributed by atoms with E-state index >= 15 is 0 Å². The number of nitrogens with two attached hydrogens (primary N) is 1. The maximum atomic E-state index is 10.2. The summed E-state index contributed by atoms with van der Waals surface area (Å²) in [6.45, 7) is 1.48. The van der Waals surface area contributed by atoms with Crippen molar-refractivity contribution in [2.45, 2.75) is 6.04 Å². The molecule has 1 saturated heterocycles. The highest BCUT2D eigenvalue weighted by molar-refractivity contribution is 5.72. The minimum absolute atomic E-state index is 0.141. The van der Waals surface area contributed by atoms with Crippen LogP contribution < -0.4 is 21.9 Å². The van der Waals surface area contributed by atoms with E-state index in [2.05, 4.69) is 16.2 Å². The Morgan fingerprint density at radius 1 is 1.56 bits per heavy atom. The molecule has 1 rings (SSSR count). The first-order chi connectivity index (χ1) is 4.29. The Hall–Kier alpha value is -0.810. The fourth-order valence-electron chi connectivity index (χ4n) is 0.766. The molecule has 1 heterocycles. The topological polar surface area (TPSA) is 79.2 Å². The van der Waals surface area contributed by atoms with E-state index in [4.69, 9.17) is 5.73 Å². The Labute approximate surface area is 52.9 Å². The second-order valence-corrected chi connectivity index (χ2v) is 1.97. The SMILES string of the molecule is NC(=O)NC1CNNC1. The monoisotopic (exact) mass is 130 g/mol. The van der Waals surface area contributed by atoms with Crippen LogP contribution in [0.5, 0.6) is 0 Å². The number of carbonyl (C=O) groups is 1. The van der Waals surface area contributed by atoms with Crippen LogP contribution in [0.25, 0.3) is 0 Å². The molecular weight excluding hydrogens is 120 g/mol. The van der Waals surface area contributed by atoms with Gasteiger partial charge >= 0.3 is 6.03 Å². The van der Waals surface area contributed by atoms with Crippen molar-refractivity contribution in [2.75, 3.05) is 13.1 Å². The van der Waals surface area contributed by atoms with Gasteiger partial charge in [-0.15, -0.1) is 0 Å². The van der Waals surface area contributed by atoms with Crippen molar-refractivity contribution in [3.8, 4) is 0 Å². The summed E-state index contributed by atoms with van der Waals surface area (Å²) >= 11 is 0. The van der Waals surface area contributed by atoms with Gasteiger partial charge in [0.15, 0.2) is 0 Å². The average Bonchev–Trinajstić information content (AvgIpc) is 2.15. The van der Waals surface area contributed by atoms with Gasteiger partial charge < -0.3 is 11.1 Å². The highest BCUT2D eigenvalue weighted by atomic mass is 16.2. The van der Waals surface area contributed by atoms with Gasteiger partial charge in [-0.2, -0.15) is 0 Å². The summed E-state index contributed by atoms with van der Waals surface area (Å²) in [4.78, 5) is 10.2. The van der Waals surface area contributed by atoms with E-state index < -0.39 is 6.03 Å². The fraction of sp³-hybridized carbons (Fsp3) is 0.750. The summed E-state index contributed by atoms with van der Waals surface area (Å²) < 4.78 is 0. The van der Waals surface area contributed by atoms with Crippen molar-refractivity contribution in [3.63, 3.8) is 0 Å². The largest absolute Gasteiger partial charge is 0.352 e. The molecule has 5 nitrogen and oxygen atoms in total. The second kappa shape index (κ2) is 2.65. The molecule has 0 aromatic carbocycles. The molecule has 0 radical (unpaired) electrons. The minimum Gasteiger partial charge on any atom is -0.352 e. The third-order valence-electron chi connectivity index (χ3n) is 1.17. The quantitative estimate of drug-likeness (QED) is 0.336. The third-order valence-corrected chi connectivity index (χ3v) is 1.17. The number of nitrogens with one attached hydrogen (secondary N) is 3. The summed E-state index contributed by atoms with van der Waals surface area (Å²) in [5.41, 5.74) is 10.6. The van der Waals surface area contributed by atoms with Gasteiger partial charge in [-0.25, -0.2) is 4.79 Å². The van der Waals surface area contributed by atoms with Crippen LogP contribution in [0.2, 0.25) is 0 Å². The van der Waals surface area contributed by atoms with E-state index in [1.807, 2.05) is 0 Å². The Morgan fingerprint density at radius 3 is 2.56 bits per heavy atom. The van der Waals surface area contributed by atoms with E-state index in [0.717, 1.165) is 13.1 Å². The molecule has 52 valence electrons. The van der Waals surface area contributed by atoms with E-state index in [1.165, 1.54) is 0 Å². The molecule has 1 aliphatic heterocycles. The molecule has 5 N–H and O–H groups in total. The van der Waals surface area contributed by atoms with Crippen LogP contribution in [-0.2, 0) is 0 Å². The molecule has 1 fully saturated rings. The smallest absolute Gasteiger partial charge is 0.312 e. The van der Waals surface area contributed by atoms with Crippen molar-refractivity contribution in [1.82, 2.24) is 16.2 Å². The number of hydrogen-bond donors (Lipinski definition) is 4. The lowest BCUT2D eigenvalue weighted by atomic mass is 10.3.